The molecule has 0 aliphatic heterocycles. The summed E-state index contributed by atoms with van der Waals surface area (Å²) in [5.41, 5.74) is -0.635. The van der Waals surface area contributed by atoms with E-state index in [-0.39, 0.29) is 5.97 Å². The molecule has 0 radical (unpaired) electrons. The molecule has 1 atom stereocenters. The largest absolute Gasteiger partial charge is 0.465 e. The minimum atomic E-state index is -0.635. The Labute approximate surface area is 118 Å². The van der Waals surface area contributed by atoms with Crippen LogP contribution < -0.4 is 5.32 Å². The second-order valence-corrected chi connectivity index (χ2v) is 6.00. The Kier molecular flexibility index (Phi) is 8.26. The van der Waals surface area contributed by atoms with Gasteiger partial charge in [-0.2, -0.15) is 0 Å². The molecular formula is C15H32N2O2. The number of carbonyl (C=O) groups is 1. The van der Waals surface area contributed by atoms with Crippen LogP contribution in [0.5, 0.6) is 0 Å². The highest BCUT2D eigenvalue weighted by Gasteiger charge is 2.36. The van der Waals surface area contributed by atoms with Crippen molar-refractivity contribution in [2.24, 2.45) is 5.92 Å². The summed E-state index contributed by atoms with van der Waals surface area (Å²) in [6.07, 6.45) is 0. The molecule has 0 aromatic heterocycles. The molecule has 4 nitrogen and oxygen atoms in total. The third-order valence-electron chi connectivity index (χ3n) is 3.14. The highest BCUT2D eigenvalue weighted by atomic mass is 16.5. The Morgan fingerprint density at radius 3 is 2.21 bits per heavy atom. The quantitative estimate of drug-likeness (QED) is 0.654. The first kappa shape index (κ1) is 18.4. The van der Waals surface area contributed by atoms with E-state index >= 15 is 0 Å². The third-order valence-corrected chi connectivity index (χ3v) is 3.14. The van der Waals surface area contributed by atoms with Crippen molar-refractivity contribution in [2.45, 2.75) is 60.0 Å². The van der Waals surface area contributed by atoms with Crippen molar-refractivity contribution in [1.82, 2.24) is 10.2 Å². The molecule has 114 valence electrons. The van der Waals surface area contributed by atoms with Gasteiger partial charge in [0, 0.05) is 19.1 Å². The lowest BCUT2D eigenvalue weighted by Gasteiger charge is -2.37. The second kappa shape index (κ2) is 8.54. The fourth-order valence-electron chi connectivity index (χ4n) is 2.21. The first-order valence-corrected chi connectivity index (χ1v) is 7.43. The maximum atomic E-state index is 12.2. The Morgan fingerprint density at radius 2 is 1.84 bits per heavy atom. The number of likely N-dealkylation sites (N-methyl/N-ethyl adjacent to an activating group) is 1. The number of rotatable bonds is 9. The molecule has 0 saturated heterocycles. The maximum absolute atomic E-state index is 12.2. The smallest absolute Gasteiger partial charge is 0.327 e. The summed E-state index contributed by atoms with van der Waals surface area (Å²) in [5, 5.41) is 3.29. The molecule has 0 aliphatic carbocycles. The van der Waals surface area contributed by atoms with Crippen molar-refractivity contribution >= 4 is 5.97 Å². The van der Waals surface area contributed by atoms with Crippen LogP contribution in [0.1, 0.15) is 48.5 Å². The van der Waals surface area contributed by atoms with Gasteiger partial charge in [0.25, 0.3) is 0 Å². The molecule has 0 bridgehead atoms. The van der Waals surface area contributed by atoms with Gasteiger partial charge in [-0.1, -0.05) is 20.8 Å². The number of carbonyl (C=O) groups excluding carboxylic acids is 1. The molecule has 1 N–H and O–H groups in total. The van der Waals surface area contributed by atoms with E-state index in [0.717, 1.165) is 13.1 Å². The highest BCUT2D eigenvalue weighted by molar-refractivity contribution is 5.80. The lowest BCUT2D eigenvalue weighted by molar-refractivity contribution is -0.151. The predicted octanol–water partition coefficient (Wildman–Crippen LogP) is 2.28. The molecule has 4 heteroatoms. The normalized spacial score (nSPS) is 15.1. The maximum Gasteiger partial charge on any atom is 0.327 e. The number of ether oxygens (including phenoxy) is 1. The fraction of sp³-hybridized carbons (Fsp3) is 0.933. The molecule has 0 spiro atoms. The average molecular weight is 272 g/mol. The molecule has 0 fully saturated rings. The minimum absolute atomic E-state index is 0.161. The molecule has 0 amide bonds. The SMILES string of the molecule is CCNC(C)(CN(CC(C)C)C(C)C)C(=O)OCC. The van der Waals surface area contributed by atoms with E-state index < -0.39 is 5.54 Å². The number of hydrogen-bond acceptors (Lipinski definition) is 4. The second-order valence-electron chi connectivity index (χ2n) is 6.00. The summed E-state index contributed by atoms with van der Waals surface area (Å²) in [4.78, 5) is 14.5. The third kappa shape index (κ3) is 6.39. The van der Waals surface area contributed by atoms with Crippen LogP contribution in [-0.2, 0) is 9.53 Å². The van der Waals surface area contributed by atoms with Gasteiger partial charge in [-0.15, -0.1) is 0 Å². The van der Waals surface area contributed by atoms with Crippen LogP contribution in [0.15, 0.2) is 0 Å². The van der Waals surface area contributed by atoms with Gasteiger partial charge in [-0.25, -0.2) is 0 Å². The van der Waals surface area contributed by atoms with Gasteiger partial charge in [0.2, 0.25) is 0 Å². The standard InChI is InChI=1S/C15H32N2O2/c1-8-16-15(7,14(18)19-9-2)11-17(13(5)6)10-12(3)4/h12-13,16H,8-11H2,1-7H3. The van der Waals surface area contributed by atoms with Crippen LogP contribution in [0.3, 0.4) is 0 Å². The molecular weight excluding hydrogens is 240 g/mol. The van der Waals surface area contributed by atoms with Gasteiger partial charge < -0.3 is 10.1 Å². The van der Waals surface area contributed by atoms with E-state index in [1.807, 2.05) is 20.8 Å². The van der Waals surface area contributed by atoms with E-state index in [4.69, 9.17) is 4.74 Å². The van der Waals surface area contributed by atoms with Crippen LogP contribution in [-0.4, -0.2) is 48.7 Å². The molecule has 0 saturated carbocycles. The number of nitrogens with one attached hydrogen (secondary N) is 1. The van der Waals surface area contributed by atoms with Crippen molar-refractivity contribution in [3.63, 3.8) is 0 Å². The predicted molar refractivity (Wildman–Crippen MR) is 80.3 cm³/mol. The van der Waals surface area contributed by atoms with Gasteiger partial charge in [-0.3, -0.25) is 9.69 Å². The Hall–Kier alpha value is -0.610. The van der Waals surface area contributed by atoms with E-state index in [2.05, 4.69) is 37.9 Å². The summed E-state index contributed by atoms with van der Waals surface area (Å²) in [6, 6.07) is 0.412. The Bertz CT molecular complexity index is 267. The first-order chi connectivity index (χ1) is 8.76. The molecule has 19 heavy (non-hydrogen) atoms. The Morgan fingerprint density at radius 1 is 1.26 bits per heavy atom. The van der Waals surface area contributed by atoms with Gasteiger partial charge >= 0.3 is 5.97 Å². The molecule has 0 heterocycles. The van der Waals surface area contributed by atoms with Crippen molar-refractivity contribution in [2.75, 3.05) is 26.2 Å². The lowest BCUT2D eigenvalue weighted by atomic mass is 10.00. The van der Waals surface area contributed by atoms with Crippen molar-refractivity contribution < 1.29 is 9.53 Å². The van der Waals surface area contributed by atoms with Crippen LogP contribution in [0.25, 0.3) is 0 Å². The van der Waals surface area contributed by atoms with Gasteiger partial charge in [0.05, 0.1) is 6.61 Å². The molecule has 0 rings (SSSR count). The van der Waals surface area contributed by atoms with E-state index in [1.165, 1.54) is 0 Å². The summed E-state index contributed by atoms with van der Waals surface area (Å²) >= 11 is 0. The van der Waals surface area contributed by atoms with E-state index in [1.54, 1.807) is 0 Å². The highest BCUT2D eigenvalue weighted by Crippen LogP contribution is 2.14. The van der Waals surface area contributed by atoms with Crippen LogP contribution in [0.2, 0.25) is 0 Å². The number of esters is 1. The summed E-state index contributed by atoms with van der Waals surface area (Å²) in [7, 11) is 0. The van der Waals surface area contributed by atoms with Crippen molar-refractivity contribution in [3.05, 3.63) is 0 Å². The van der Waals surface area contributed by atoms with Crippen LogP contribution in [0, 0.1) is 5.92 Å². The van der Waals surface area contributed by atoms with Gasteiger partial charge in [-0.05, 0) is 40.2 Å². The van der Waals surface area contributed by atoms with Crippen molar-refractivity contribution in [3.8, 4) is 0 Å². The first-order valence-electron chi connectivity index (χ1n) is 7.43. The zero-order valence-corrected chi connectivity index (χ0v) is 13.7. The Balaban J connectivity index is 4.90. The number of nitrogens with zero attached hydrogens (tertiary/aromatic N) is 1. The molecule has 0 aromatic rings. The summed E-state index contributed by atoms with van der Waals surface area (Å²) in [5.74, 6) is 0.418. The van der Waals surface area contributed by atoms with E-state index in [9.17, 15) is 4.79 Å². The zero-order chi connectivity index (χ0) is 15.1. The monoisotopic (exact) mass is 272 g/mol. The molecule has 1 unspecified atom stereocenters. The summed E-state index contributed by atoms with van der Waals surface area (Å²) in [6.45, 7) is 17.4. The van der Waals surface area contributed by atoms with Gasteiger partial charge in [0.1, 0.15) is 5.54 Å². The minimum Gasteiger partial charge on any atom is -0.465 e. The average Bonchev–Trinajstić information content (AvgIpc) is 2.28. The van der Waals surface area contributed by atoms with Crippen LogP contribution in [0.4, 0.5) is 0 Å². The molecule has 0 aliphatic rings. The van der Waals surface area contributed by atoms with Gasteiger partial charge in [0.15, 0.2) is 0 Å². The summed E-state index contributed by atoms with van der Waals surface area (Å²) < 4.78 is 5.22. The lowest BCUT2D eigenvalue weighted by Crippen LogP contribution is -2.59. The molecule has 0 aromatic carbocycles. The topological polar surface area (TPSA) is 41.6 Å². The van der Waals surface area contributed by atoms with E-state index in [0.29, 0.717) is 25.1 Å². The van der Waals surface area contributed by atoms with Crippen molar-refractivity contribution in [1.29, 1.82) is 0 Å². The zero-order valence-electron chi connectivity index (χ0n) is 13.7. The fourth-order valence-corrected chi connectivity index (χ4v) is 2.21. The number of hydrogen-bond donors (Lipinski definition) is 1. The van der Waals surface area contributed by atoms with Crippen LogP contribution >= 0.6 is 0 Å².